The van der Waals surface area contributed by atoms with Crippen LogP contribution in [0, 0.1) is 0 Å². The Morgan fingerprint density at radius 3 is 2.76 bits per heavy atom. The molecule has 1 unspecified atom stereocenters. The number of carbonyl (C=O) groups excluding carboxylic acids is 1. The standard InChI is InChI=1S/C11H23NO4S/c1-12(2)5-3-6-16-11(15)4-7-17-9-10(14)8-13/h10,13-14H,3-9H2,1-2H3. The zero-order valence-corrected chi connectivity index (χ0v) is 11.4. The Balaban J connectivity index is 3.29. The summed E-state index contributed by atoms with van der Waals surface area (Å²) in [6.45, 7) is 1.13. The van der Waals surface area contributed by atoms with Crippen LogP contribution < -0.4 is 0 Å². The lowest BCUT2D eigenvalue weighted by Gasteiger charge is -2.09. The van der Waals surface area contributed by atoms with E-state index in [0.717, 1.165) is 13.0 Å². The maximum absolute atomic E-state index is 11.2. The Bertz CT molecular complexity index is 202. The summed E-state index contributed by atoms with van der Waals surface area (Å²) >= 11 is 1.44. The molecule has 0 aromatic heterocycles. The topological polar surface area (TPSA) is 70.0 Å². The molecular formula is C11H23NO4S. The summed E-state index contributed by atoms with van der Waals surface area (Å²) in [6.07, 6.45) is 0.496. The number of aliphatic hydroxyl groups excluding tert-OH is 2. The fourth-order valence-corrected chi connectivity index (χ4v) is 1.92. The molecule has 0 rings (SSSR count). The smallest absolute Gasteiger partial charge is 0.306 e. The van der Waals surface area contributed by atoms with Crippen LogP contribution in [-0.2, 0) is 9.53 Å². The number of thioether (sulfide) groups is 1. The van der Waals surface area contributed by atoms with Crippen LogP contribution in [0.1, 0.15) is 12.8 Å². The number of hydrogen-bond donors (Lipinski definition) is 2. The quantitative estimate of drug-likeness (QED) is 0.426. The van der Waals surface area contributed by atoms with E-state index >= 15 is 0 Å². The molecule has 0 bridgehead atoms. The highest BCUT2D eigenvalue weighted by Gasteiger charge is 2.05. The minimum atomic E-state index is -0.698. The molecule has 17 heavy (non-hydrogen) atoms. The highest BCUT2D eigenvalue weighted by molar-refractivity contribution is 7.99. The largest absolute Gasteiger partial charge is 0.466 e. The predicted octanol–water partition coefficient (Wildman–Crippen LogP) is -0.0422. The first-order valence-corrected chi connectivity index (χ1v) is 6.88. The van der Waals surface area contributed by atoms with E-state index in [1.807, 2.05) is 19.0 Å². The minimum Gasteiger partial charge on any atom is -0.466 e. The van der Waals surface area contributed by atoms with Gasteiger partial charge < -0.3 is 19.8 Å². The van der Waals surface area contributed by atoms with Crippen LogP contribution in [0.4, 0.5) is 0 Å². The lowest BCUT2D eigenvalue weighted by molar-refractivity contribution is -0.143. The van der Waals surface area contributed by atoms with Crippen LogP contribution in [-0.4, -0.2) is 72.5 Å². The van der Waals surface area contributed by atoms with Crippen LogP contribution in [0.2, 0.25) is 0 Å². The molecule has 5 nitrogen and oxygen atoms in total. The summed E-state index contributed by atoms with van der Waals surface area (Å²) in [5, 5.41) is 17.6. The molecule has 0 amide bonds. The zero-order chi connectivity index (χ0) is 13.1. The Hall–Kier alpha value is -0.300. The second-order valence-electron chi connectivity index (χ2n) is 4.04. The average Bonchev–Trinajstić information content (AvgIpc) is 2.29. The minimum absolute atomic E-state index is 0.199. The molecule has 2 N–H and O–H groups in total. The molecule has 102 valence electrons. The molecular weight excluding hydrogens is 242 g/mol. The van der Waals surface area contributed by atoms with Crippen molar-refractivity contribution >= 4 is 17.7 Å². The molecule has 1 atom stereocenters. The number of esters is 1. The molecule has 6 heteroatoms. The van der Waals surface area contributed by atoms with E-state index in [4.69, 9.17) is 14.9 Å². The average molecular weight is 265 g/mol. The Labute approximate surface area is 107 Å². The van der Waals surface area contributed by atoms with E-state index in [1.54, 1.807) is 0 Å². The van der Waals surface area contributed by atoms with Crippen molar-refractivity contribution in [3.05, 3.63) is 0 Å². The molecule has 0 aliphatic rings. The Kier molecular flexibility index (Phi) is 10.6. The van der Waals surface area contributed by atoms with E-state index in [-0.39, 0.29) is 12.6 Å². The van der Waals surface area contributed by atoms with E-state index in [2.05, 4.69) is 0 Å². The highest BCUT2D eigenvalue weighted by atomic mass is 32.2. The molecule has 0 radical (unpaired) electrons. The Morgan fingerprint density at radius 2 is 2.18 bits per heavy atom. The molecule has 0 saturated carbocycles. The molecule has 0 aromatic rings. The van der Waals surface area contributed by atoms with Gasteiger partial charge in [0.05, 0.1) is 25.7 Å². The molecule has 0 heterocycles. The fourth-order valence-electron chi connectivity index (χ4n) is 1.07. The number of nitrogens with zero attached hydrogens (tertiary/aromatic N) is 1. The number of aliphatic hydroxyl groups is 2. The lowest BCUT2D eigenvalue weighted by atomic mass is 10.4. The van der Waals surface area contributed by atoms with Gasteiger partial charge >= 0.3 is 5.97 Å². The maximum atomic E-state index is 11.2. The van der Waals surface area contributed by atoms with Gasteiger partial charge in [0.25, 0.3) is 0 Å². The summed E-state index contributed by atoms with van der Waals surface area (Å²) in [5.41, 5.74) is 0. The number of rotatable bonds is 10. The van der Waals surface area contributed by atoms with Crippen molar-refractivity contribution < 1.29 is 19.7 Å². The molecule has 0 spiro atoms. The van der Waals surface area contributed by atoms with Gasteiger partial charge in [-0.3, -0.25) is 4.79 Å². The molecule has 0 fully saturated rings. The van der Waals surface area contributed by atoms with Crippen molar-refractivity contribution in [2.45, 2.75) is 18.9 Å². The lowest BCUT2D eigenvalue weighted by Crippen LogP contribution is -2.17. The third-order valence-corrected chi connectivity index (χ3v) is 3.10. The van der Waals surface area contributed by atoms with Gasteiger partial charge in [0, 0.05) is 18.1 Å². The molecule has 0 aliphatic heterocycles. The zero-order valence-electron chi connectivity index (χ0n) is 10.6. The fraction of sp³-hybridized carbons (Fsp3) is 0.909. The van der Waals surface area contributed by atoms with Gasteiger partial charge in [-0.25, -0.2) is 0 Å². The van der Waals surface area contributed by atoms with Gasteiger partial charge in [-0.15, -0.1) is 0 Å². The molecule has 0 aliphatic carbocycles. The predicted molar refractivity (Wildman–Crippen MR) is 69.2 cm³/mol. The van der Waals surface area contributed by atoms with Crippen molar-refractivity contribution in [2.75, 3.05) is 45.4 Å². The van der Waals surface area contributed by atoms with Crippen molar-refractivity contribution in [3.63, 3.8) is 0 Å². The van der Waals surface area contributed by atoms with E-state index in [1.165, 1.54) is 11.8 Å². The van der Waals surface area contributed by atoms with Gasteiger partial charge in [-0.1, -0.05) is 0 Å². The van der Waals surface area contributed by atoms with Crippen molar-refractivity contribution in [1.29, 1.82) is 0 Å². The van der Waals surface area contributed by atoms with Crippen molar-refractivity contribution in [2.24, 2.45) is 0 Å². The number of carbonyl (C=O) groups is 1. The number of hydrogen-bond acceptors (Lipinski definition) is 6. The van der Waals surface area contributed by atoms with Gasteiger partial charge in [-0.05, 0) is 20.5 Å². The van der Waals surface area contributed by atoms with Crippen LogP contribution in [0.15, 0.2) is 0 Å². The second kappa shape index (κ2) is 10.8. The monoisotopic (exact) mass is 265 g/mol. The second-order valence-corrected chi connectivity index (χ2v) is 5.19. The van der Waals surface area contributed by atoms with Crippen LogP contribution >= 0.6 is 11.8 Å². The summed E-state index contributed by atoms with van der Waals surface area (Å²) in [5.74, 6) is 0.864. The van der Waals surface area contributed by atoms with Crippen molar-refractivity contribution in [3.8, 4) is 0 Å². The first-order chi connectivity index (χ1) is 8.06. The third-order valence-electron chi connectivity index (χ3n) is 1.98. The normalized spacial score (nSPS) is 12.8. The first kappa shape index (κ1) is 16.7. The van der Waals surface area contributed by atoms with Gasteiger partial charge in [0.2, 0.25) is 0 Å². The van der Waals surface area contributed by atoms with E-state index < -0.39 is 6.10 Å². The van der Waals surface area contributed by atoms with Gasteiger partial charge in [0.1, 0.15) is 0 Å². The Morgan fingerprint density at radius 1 is 1.47 bits per heavy atom. The first-order valence-electron chi connectivity index (χ1n) is 5.73. The van der Waals surface area contributed by atoms with Crippen LogP contribution in [0.5, 0.6) is 0 Å². The van der Waals surface area contributed by atoms with E-state index in [0.29, 0.717) is 24.5 Å². The van der Waals surface area contributed by atoms with Crippen LogP contribution in [0.25, 0.3) is 0 Å². The number of ether oxygens (including phenoxy) is 1. The van der Waals surface area contributed by atoms with E-state index in [9.17, 15) is 4.79 Å². The summed E-state index contributed by atoms with van der Waals surface area (Å²) < 4.78 is 5.03. The highest BCUT2D eigenvalue weighted by Crippen LogP contribution is 2.05. The maximum Gasteiger partial charge on any atom is 0.306 e. The van der Waals surface area contributed by atoms with Crippen molar-refractivity contribution in [1.82, 2.24) is 4.90 Å². The molecule has 0 saturated heterocycles. The summed E-state index contributed by atoms with van der Waals surface area (Å²) in [6, 6.07) is 0. The SMILES string of the molecule is CN(C)CCCOC(=O)CCSCC(O)CO. The summed E-state index contributed by atoms with van der Waals surface area (Å²) in [4.78, 5) is 13.3. The van der Waals surface area contributed by atoms with Gasteiger partial charge in [-0.2, -0.15) is 11.8 Å². The third kappa shape index (κ3) is 12.0. The van der Waals surface area contributed by atoms with Crippen LogP contribution in [0.3, 0.4) is 0 Å². The molecule has 0 aromatic carbocycles. The summed E-state index contributed by atoms with van der Waals surface area (Å²) in [7, 11) is 3.95. The van der Waals surface area contributed by atoms with Gasteiger partial charge in [0.15, 0.2) is 0 Å².